The van der Waals surface area contributed by atoms with E-state index in [-0.39, 0.29) is 11.3 Å². The average Bonchev–Trinajstić information content (AvgIpc) is 3.09. The minimum atomic E-state index is -2.68. The summed E-state index contributed by atoms with van der Waals surface area (Å²) in [5.41, 5.74) is 2.71. The van der Waals surface area contributed by atoms with Crippen LogP contribution in [0.25, 0.3) is 11.3 Å². The fourth-order valence-corrected chi connectivity index (χ4v) is 3.49. The van der Waals surface area contributed by atoms with E-state index < -0.39 is 23.0 Å². The first-order chi connectivity index (χ1) is 13.0. The van der Waals surface area contributed by atoms with Gasteiger partial charge >= 0.3 is 0 Å². The smallest absolute Gasteiger partial charge is 0.259 e. The predicted octanol–water partition coefficient (Wildman–Crippen LogP) is 3.97. The minimum Gasteiger partial charge on any atom is -0.755 e. The first-order valence-corrected chi connectivity index (χ1v) is 9.93. The monoisotopic (exact) mass is 404 g/mol. The van der Waals surface area contributed by atoms with Crippen LogP contribution in [0.4, 0.5) is 15.2 Å². The molecule has 3 aromatic rings. The Labute approximate surface area is 161 Å². The second kappa shape index (κ2) is 8.38. The Kier molecular flexibility index (Phi) is 5.94. The number of halogens is 1. The third-order valence-electron chi connectivity index (χ3n) is 3.80. The number of aryl methyl sites for hydroxylation is 1. The van der Waals surface area contributed by atoms with Crippen molar-refractivity contribution in [2.75, 3.05) is 10.0 Å². The largest absolute Gasteiger partial charge is 0.755 e. The second-order valence-corrected chi connectivity index (χ2v) is 7.10. The van der Waals surface area contributed by atoms with Crippen molar-refractivity contribution in [1.29, 1.82) is 0 Å². The summed E-state index contributed by atoms with van der Waals surface area (Å²) in [6, 6.07) is 11.2. The molecule has 9 heteroatoms. The molecule has 27 heavy (non-hydrogen) atoms. The number of carbonyl (C=O) groups is 1. The maximum Gasteiger partial charge on any atom is 0.259 e. The van der Waals surface area contributed by atoms with E-state index >= 15 is 0 Å². The van der Waals surface area contributed by atoms with Crippen molar-refractivity contribution in [3.05, 3.63) is 64.8 Å². The molecular weight excluding hydrogens is 389 g/mol. The van der Waals surface area contributed by atoms with Crippen LogP contribution in [0, 0.1) is 5.82 Å². The molecule has 1 heterocycles. The summed E-state index contributed by atoms with van der Waals surface area (Å²) in [7, 11) is 0. The van der Waals surface area contributed by atoms with E-state index in [4.69, 9.17) is 0 Å². The number of hydrogen-bond acceptors (Lipinski definition) is 5. The summed E-state index contributed by atoms with van der Waals surface area (Å²) >= 11 is -1.44. The van der Waals surface area contributed by atoms with E-state index in [2.05, 4.69) is 17.2 Å². The van der Waals surface area contributed by atoms with Crippen LogP contribution in [-0.4, -0.2) is 19.7 Å². The lowest BCUT2D eigenvalue weighted by Gasteiger charge is -2.13. The minimum absolute atomic E-state index is 0.00958. The summed E-state index contributed by atoms with van der Waals surface area (Å²) < 4.78 is 37.1. The molecule has 140 valence electrons. The lowest BCUT2D eigenvalue weighted by molar-refractivity contribution is 0.102. The number of nitrogens with zero attached hydrogens (tertiary/aromatic N) is 1. The molecule has 0 saturated heterocycles. The number of aromatic nitrogens is 1. The van der Waals surface area contributed by atoms with Gasteiger partial charge in [-0.1, -0.05) is 31.2 Å². The van der Waals surface area contributed by atoms with Gasteiger partial charge in [-0.15, -0.1) is 11.3 Å². The predicted molar refractivity (Wildman–Crippen MR) is 104 cm³/mol. The van der Waals surface area contributed by atoms with Gasteiger partial charge in [-0.05, 0) is 30.2 Å². The van der Waals surface area contributed by atoms with Crippen LogP contribution in [0.1, 0.15) is 22.8 Å². The number of thiazole rings is 1. The third-order valence-corrected chi connectivity index (χ3v) is 4.95. The molecule has 0 aliphatic carbocycles. The van der Waals surface area contributed by atoms with E-state index in [0.717, 1.165) is 29.8 Å². The van der Waals surface area contributed by atoms with Crippen molar-refractivity contribution in [1.82, 2.24) is 4.98 Å². The van der Waals surface area contributed by atoms with Crippen molar-refractivity contribution in [2.45, 2.75) is 13.3 Å². The van der Waals surface area contributed by atoms with E-state index in [0.29, 0.717) is 5.13 Å². The van der Waals surface area contributed by atoms with Crippen molar-refractivity contribution >= 4 is 39.3 Å². The number of carbonyl (C=O) groups excluding carboxylic acids is 1. The Morgan fingerprint density at radius 1 is 1.26 bits per heavy atom. The molecule has 3 rings (SSSR count). The van der Waals surface area contributed by atoms with Crippen LogP contribution < -0.4 is 10.0 Å². The summed E-state index contributed by atoms with van der Waals surface area (Å²) in [5, 5.41) is 4.78. The van der Waals surface area contributed by atoms with Gasteiger partial charge in [0.15, 0.2) is 5.13 Å². The molecule has 0 saturated carbocycles. The number of rotatable bonds is 6. The number of amides is 1. The molecule has 0 radical (unpaired) electrons. The van der Waals surface area contributed by atoms with Crippen molar-refractivity contribution in [2.24, 2.45) is 0 Å². The zero-order valence-corrected chi connectivity index (χ0v) is 15.8. The van der Waals surface area contributed by atoms with E-state index in [1.807, 2.05) is 34.4 Å². The number of hydrogen-bond donors (Lipinski definition) is 2. The maximum absolute atomic E-state index is 13.3. The zero-order valence-electron chi connectivity index (χ0n) is 14.2. The van der Waals surface area contributed by atoms with Gasteiger partial charge in [-0.25, -0.2) is 9.37 Å². The fraction of sp³-hybridized carbons (Fsp3) is 0.111. The molecule has 0 spiro atoms. The molecule has 2 N–H and O–H groups in total. The topological polar surface area (TPSA) is 94.2 Å². The van der Waals surface area contributed by atoms with Gasteiger partial charge in [0.25, 0.3) is 5.91 Å². The lowest BCUT2D eigenvalue weighted by atomic mass is 10.1. The van der Waals surface area contributed by atoms with Crippen LogP contribution >= 0.6 is 11.3 Å². The van der Waals surface area contributed by atoms with Crippen molar-refractivity contribution < 1.29 is 17.9 Å². The standard InChI is InChI=1S/C18H16FN3O3S2/c1-2-11-3-5-12(6-4-11)16-10-26-18(20-16)21-17(23)14-8-7-13(19)9-15(14)22-27(24)25/h3-10,22H,2H2,1H3,(H,24,25)(H,20,21,23)/p-1. The van der Waals surface area contributed by atoms with Gasteiger partial charge in [-0.3, -0.25) is 14.3 Å². The van der Waals surface area contributed by atoms with Crippen molar-refractivity contribution in [3.63, 3.8) is 0 Å². The quantitative estimate of drug-likeness (QED) is 0.608. The van der Waals surface area contributed by atoms with Gasteiger partial charge in [0.2, 0.25) is 0 Å². The highest BCUT2D eigenvalue weighted by atomic mass is 32.2. The zero-order chi connectivity index (χ0) is 19.4. The molecule has 0 bridgehead atoms. The Morgan fingerprint density at radius 3 is 2.67 bits per heavy atom. The molecule has 1 amide bonds. The van der Waals surface area contributed by atoms with Gasteiger partial charge in [-0.2, -0.15) is 0 Å². The van der Waals surface area contributed by atoms with Gasteiger partial charge in [0.05, 0.1) is 16.9 Å². The van der Waals surface area contributed by atoms with Crippen LogP contribution in [0.15, 0.2) is 47.8 Å². The highest BCUT2D eigenvalue weighted by molar-refractivity contribution is 7.80. The highest BCUT2D eigenvalue weighted by Gasteiger charge is 2.15. The normalized spacial score (nSPS) is 11.8. The Balaban J connectivity index is 1.79. The first-order valence-electron chi connectivity index (χ1n) is 7.98. The number of anilines is 2. The van der Waals surface area contributed by atoms with Crippen LogP contribution in [-0.2, 0) is 17.7 Å². The molecule has 1 atom stereocenters. The SMILES string of the molecule is CCc1ccc(-c2csc(NC(=O)c3ccc(F)cc3NS(=O)[O-])n2)cc1. The van der Waals surface area contributed by atoms with E-state index in [9.17, 15) is 17.9 Å². The first kappa shape index (κ1) is 19.2. The average molecular weight is 404 g/mol. The highest BCUT2D eigenvalue weighted by Crippen LogP contribution is 2.26. The van der Waals surface area contributed by atoms with Gasteiger partial charge in [0.1, 0.15) is 5.82 Å². The van der Waals surface area contributed by atoms with Gasteiger partial charge in [0, 0.05) is 22.2 Å². The number of benzene rings is 2. The molecule has 2 aromatic carbocycles. The van der Waals surface area contributed by atoms with E-state index in [1.165, 1.54) is 23.0 Å². The van der Waals surface area contributed by atoms with Crippen LogP contribution in [0.3, 0.4) is 0 Å². The molecule has 6 nitrogen and oxygen atoms in total. The molecule has 1 unspecified atom stereocenters. The third kappa shape index (κ3) is 4.76. The fourth-order valence-electron chi connectivity index (χ4n) is 2.43. The summed E-state index contributed by atoms with van der Waals surface area (Å²) in [4.78, 5) is 16.8. The molecule has 0 aliphatic rings. The second-order valence-electron chi connectivity index (χ2n) is 5.57. The molecular formula is C18H15FN3O3S2-. The number of nitrogens with one attached hydrogen (secondary N) is 2. The molecule has 1 aromatic heterocycles. The molecule has 0 aliphatic heterocycles. The lowest BCUT2D eigenvalue weighted by Crippen LogP contribution is -2.15. The Hall–Kier alpha value is -2.62. The summed E-state index contributed by atoms with van der Waals surface area (Å²) in [6.45, 7) is 2.08. The van der Waals surface area contributed by atoms with Crippen LogP contribution in [0.5, 0.6) is 0 Å². The summed E-state index contributed by atoms with van der Waals surface area (Å²) in [6.07, 6.45) is 0.945. The van der Waals surface area contributed by atoms with Gasteiger partial charge < -0.3 is 9.27 Å². The molecule has 0 fully saturated rings. The summed E-state index contributed by atoms with van der Waals surface area (Å²) in [5.74, 6) is -1.25. The van der Waals surface area contributed by atoms with Crippen molar-refractivity contribution in [3.8, 4) is 11.3 Å². The Bertz CT molecular complexity index is 990. The van der Waals surface area contributed by atoms with E-state index in [1.54, 1.807) is 0 Å². The Morgan fingerprint density at radius 2 is 2.00 bits per heavy atom. The maximum atomic E-state index is 13.3. The van der Waals surface area contributed by atoms with Crippen LogP contribution in [0.2, 0.25) is 0 Å².